The van der Waals surface area contributed by atoms with Gasteiger partial charge in [-0.15, -0.1) is 0 Å². The van der Waals surface area contributed by atoms with Gasteiger partial charge in [0.2, 0.25) is 0 Å². The van der Waals surface area contributed by atoms with E-state index in [1.165, 1.54) is 0 Å². The second kappa shape index (κ2) is 9.00. The van der Waals surface area contributed by atoms with Crippen LogP contribution in [0.1, 0.15) is 15.9 Å². The summed E-state index contributed by atoms with van der Waals surface area (Å²) in [5, 5.41) is 2.89. The number of carbonyl (C=O) groups is 2. The van der Waals surface area contributed by atoms with Crippen LogP contribution >= 0.6 is 23.8 Å². The predicted octanol–water partition coefficient (Wildman–Crippen LogP) is 2.36. The lowest BCUT2D eigenvalue weighted by Gasteiger charge is -2.12. The molecule has 8 heteroatoms. The number of thiocarbonyl (C=S) groups is 1. The number of hydrogen-bond donors (Lipinski definition) is 3. The molecule has 0 unspecified atom stereocenters. The van der Waals surface area contributed by atoms with Crippen LogP contribution in [0.15, 0.2) is 48.5 Å². The zero-order valence-electron chi connectivity index (χ0n) is 13.3. The Hall–Kier alpha value is -2.64. The Balaban J connectivity index is 1.74. The standard InChI is InChI=1S/C17H16ClN3O3S/c1-11-4-2-3-5-14(11)24-10-15(22)19-17(25)21-20-16(23)12-6-8-13(18)9-7-12/h2-9H,10H2,1H3,(H,20,23)(H2,19,21,22,25). The van der Waals surface area contributed by atoms with Crippen LogP contribution in [0, 0.1) is 6.92 Å². The smallest absolute Gasteiger partial charge is 0.269 e. The highest BCUT2D eigenvalue weighted by Gasteiger charge is 2.09. The molecule has 2 aromatic rings. The molecule has 2 rings (SSSR count). The number of rotatable bonds is 4. The van der Waals surface area contributed by atoms with Crippen molar-refractivity contribution in [3.05, 3.63) is 64.7 Å². The molecule has 25 heavy (non-hydrogen) atoms. The van der Waals surface area contributed by atoms with Crippen LogP contribution in [0.5, 0.6) is 5.75 Å². The van der Waals surface area contributed by atoms with Gasteiger partial charge >= 0.3 is 0 Å². The first-order chi connectivity index (χ1) is 12.0. The van der Waals surface area contributed by atoms with E-state index in [0.29, 0.717) is 16.3 Å². The van der Waals surface area contributed by atoms with Gasteiger partial charge in [0.25, 0.3) is 11.8 Å². The molecule has 3 N–H and O–H groups in total. The highest BCUT2D eigenvalue weighted by atomic mass is 35.5. The zero-order chi connectivity index (χ0) is 18.2. The molecular formula is C17H16ClN3O3S. The Labute approximate surface area is 155 Å². The van der Waals surface area contributed by atoms with Gasteiger partial charge in [0.15, 0.2) is 11.7 Å². The molecule has 0 heterocycles. The molecule has 2 amide bonds. The summed E-state index contributed by atoms with van der Waals surface area (Å²) >= 11 is 10.7. The Morgan fingerprint density at radius 2 is 1.76 bits per heavy atom. The van der Waals surface area contributed by atoms with Gasteiger partial charge in [-0.25, -0.2) is 0 Å². The minimum atomic E-state index is -0.443. The second-order valence-electron chi connectivity index (χ2n) is 5.02. The molecule has 0 saturated carbocycles. The lowest BCUT2D eigenvalue weighted by atomic mass is 10.2. The Morgan fingerprint density at radius 3 is 2.44 bits per heavy atom. The topological polar surface area (TPSA) is 79.5 Å². The van der Waals surface area contributed by atoms with Crippen molar-refractivity contribution in [1.82, 2.24) is 16.2 Å². The number of ether oxygens (including phenoxy) is 1. The van der Waals surface area contributed by atoms with Crippen molar-refractivity contribution in [3.8, 4) is 5.75 Å². The van der Waals surface area contributed by atoms with Crippen molar-refractivity contribution in [2.75, 3.05) is 6.61 Å². The first kappa shape index (κ1) is 18.7. The number of hydrogen-bond acceptors (Lipinski definition) is 4. The third-order valence-corrected chi connectivity index (χ3v) is 3.56. The number of carbonyl (C=O) groups excluding carboxylic acids is 2. The fourth-order valence-electron chi connectivity index (χ4n) is 1.84. The lowest BCUT2D eigenvalue weighted by molar-refractivity contribution is -0.121. The molecule has 0 bridgehead atoms. The normalized spacial score (nSPS) is 9.84. The molecule has 0 atom stereocenters. The van der Waals surface area contributed by atoms with Crippen LogP contribution < -0.4 is 20.9 Å². The number of para-hydroxylation sites is 1. The van der Waals surface area contributed by atoms with E-state index >= 15 is 0 Å². The first-order valence-corrected chi connectivity index (χ1v) is 8.08. The Kier molecular flexibility index (Phi) is 6.73. The number of benzene rings is 2. The van der Waals surface area contributed by atoms with Crippen molar-refractivity contribution >= 4 is 40.7 Å². The summed E-state index contributed by atoms with van der Waals surface area (Å²) in [5.41, 5.74) is 6.14. The summed E-state index contributed by atoms with van der Waals surface area (Å²) < 4.78 is 5.41. The van der Waals surface area contributed by atoms with Gasteiger partial charge in [-0.2, -0.15) is 0 Å². The third-order valence-electron chi connectivity index (χ3n) is 3.10. The average molecular weight is 378 g/mol. The monoisotopic (exact) mass is 377 g/mol. The molecule has 0 fully saturated rings. The van der Waals surface area contributed by atoms with E-state index in [1.807, 2.05) is 25.1 Å². The number of aryl methyl sites for hydroxylation is 1. The summed E-state index contributed by atoms with van der Waals surface area (Å²) in [6.07, 6.45) is 0. The van der Waals surface area contributed by atoms with Crippen LogP contribution in [-0.2, 0) is 4.79 Å². The van der Waals surface area contributed by atoms with Crippen molar-refractivity contribution in [1.29, 1.82) is 0 Å². The summed E-state index contributed by atoms with van der Waals surface area (Å²) in [6.45, 7) is 1.68. The quantitative estimate of drug-likeness (QED) is 0.563. The molecule has 2 aromatic carbocycles. The molecule has 0 spiro atoms. The highest BCUT2D eigenvalue weighted by molar-refractivity contribution is 7.80. The van der Waals surface area contributed by atoms with Gasteiger partial charge in [-0.05, 0) is 55.0 Å². The number of nitrogens with one attached hydrogen (secondary N) is 3. The number of hydrazine groups is 1. The fourth-order valence-corrected chi connectivity index (χ4v) is 2.13. The summed E-state index contributed by atoms with van der Waals surface area (Å²) in [6, 6.07) is 13.7. The van der Waals surface area contributed by atoms with Crippen molar-refractivity contribution < 1.29 is 14.3 Å². The van der Waals surface area contributed by atoms with Gasteiger partial charge in [-0.1, -0.05) is 29.8 Å². The molecule has 0 saturated heterocycles. The van der Waals surface area contributed by atoms with Crippen LogP contribution in [-0.4, -0.2) is 23.5 Å². The molecule has 0 aliphatic rings. The minimum absolute atomic E-state index is 0.0410. The Morgan fingerprint density at radius 1 is 1.08 bits per heavy atom. The van der Waals surface area contributed by atoms with Crippen LogP contribution in [0.3, 0.4) is 0 Å². The molecule has 0 aliphatic carbocycles. The van der Waals surface area contributed by atoms with Crippen molar-refractivity contribution in [2.45, 2.75) is 6.92 Å². The second-order valence-corrected chi connectivity index (χ2v) is 5.86. The molecule has 130 valence electrons. The van der Waals surface area contributed by atoms with E-state index < -0.39 is 11.8 Å². The van der Waals surface area contributed by atoms with Gasteiger partial charge in [0.1, 0.15) is 5.75 Å². The Bertz CT molecular complexity index is 781. The number of halogens is 1. The first-order valence-electron chi connectivity index (χ1n) is 7.30. The maximum Gasteiger partial charge on any atom is 0.269 e. The fraction of sp³-hybridized carbons (Fsp3) is 0.118. The van der Waals surface area contributed by atoms with E-state index in [4.69, 9.17) is 28.6 Å². The molecule has 0 aromatic heterocycles. The third kappa shape index (κ3) is 6.06. The van der Waals surface area contributed by atoms with Crippen molar-refractivity contribution in [2.24, 2.45) is 0 Å². The lowest BCUT2D eigenvalue weighted by Crippen LogP contribution is -2.49. The van der Waals surface area contributed by atoms with Crippen molar-refractivity contribution in [3.63, 3.8) is 0 Å². The van der Waals surface area contributed by atoms with Crippen LogP contribution in [0.2, 0.25) is 5.02 Å². The highest BCUT2D eigenvalue weighted by Crippen LogP contribution is 2.15. The van der Waals surface area contributed by atoms with E-state index in [0.717, 1.165) is 5.56 Å². The zero-order valence-corrected chi connectivity index (χ0v) is 14.9. The molecule has 0 radical (unpaired) electrons. The van der Waals surface area contributed by atoms with E-state index in [-0.39, 0.29) is 11.7 Å². The van der Waals surface area contributed by atoms with E-state index in [9.17, 15) is 9.59 Å². The van der Waals surface area contributed by atoms with Gasteiger partial charge < -0.3 is 4.74 Å². The predicted molar refractivity (Wildman–Crippen MR) is 99.5 cm³/mol. The van der Waals surface area contributed by atoms with Gasteiger partial charge in [-0.3, -0.25) is 25.8 Å². The summed E-state index contributed by atoms with van der Waals surface area (Å²) in [4.78, 5) is 23.7. The molecular weight excluding hydrogens is 362 g/mol. The molecule has 0 aliphatic heterocycles. The summed E-state index contributed by atoms with van der Waals surface area (Å²) in [5.74, 6) is -0.238. The SMILES string of the molecule is Cc1ccccc1OCC(=O)NC(=S)NNC(=O)c1ccc(Cl)cc1. The molecule has 6 nitrogen and oxygen atoms in total. The summed E-state index contributed by atoms with van der Waals surface area (Å²) in [7, 11) is 0. The van der Waals surface area contributed by atoms with Crippen LogP contribution in [0.4, 0.5) is 0 Å². The van der Waals surface area contributed by atoms with E-state index in [1.54, 1.807) is 30.3 Å². The largest absolute Gasteiger partial charge is 0.483 e. The van der Waals surface area contributed by atoms with Gasteiger partial charge in [0, 0.05) is 10.6 Å². The van der Waals surface area contributed by atoms with Gasteiger partial charge in [0.05, 0.1) is 0 Å². The van der Waals surface area contributed by atoms with E-state index in [2.05, 4.69) is 16.2 Å². The minimum Gasteiger partial charge on any atom is -0.483 e. The maximum atomic E-state index is 11.9. The van der Waals surface area contributed by atoms with Crippen LogP contribution in [0.25, 0.3) is 0 Å². The maximum absolute atomic E-state index is 11.9. The average Bonchev–Trinajstić information content (AvgIpc) is 2.59. The number of amides is 2.